The molecule has 4 heterocycles. The quantitative estimate of drug-likeness (QED) is 0.776. The van der Waals surface area contributed by atoms with Crippen molar-refractivity contribution in [2.24, 2.45) is 7.05 Å². The minimum atomic E-state index is 0.406. The summed E-state index contributed by atoms with van der Waals surface area (Å²) in [6, 6.07) is 10.5. The fraction of sp³-hybridized carbons (Fsp3) is 0.316. The van der Waals surface area contributed by atoms with Gasteiger partial charge in [0, 0.05) is 37.9 Å². The fourth-order valence-corrected chi connectivity index (χ4v) is 3.41. The zero-order valence-corrected chi connectivity index (χ0v) is 14.3. The molecule has 0 amide bonds. The number of hydrogen-bond acceptors (Lipinski definition) is 5. The summed E-state index contributed by atoms with van der Waals surface area (Å²) in [5, 5.41) is 3.28. The maximum atomic E-state index is 4.47. The number of nitrogens with zero attached hydrogens (tertiary/aromatic N) is 5. The maximum absolute atomic E-state index is 4.47. The van der Waals surface area contributed by atoms with Crippen LogP contribution < -0.4 is 5.32 Å². The molecule has 0 radical (unpaired) electrons. The molecule has 0 saturated carbocycles. The van der Waals surface area contributed by atoms with Gasteiger partial charge in [-0.25, -0.2) is 15.0 Å². The van der Waals surface area contributed by atoms with Gasteiger partial charge in [-0.1, -0.05) is 6.07 Å². The van der Waals surface area contributed by atoms with E-state index in [1.165, 1.54) is 12.0 Å². The van der Waals surface area contributed by atoms with Gasteiger partial charge in [-0.3, -0.25) is 4.90 Å². The van der Waals surface area contributed by atoms with E-state index in [0.29, 0.717) is 6.04 Å². The second kappa shape index (κ2) is 7.03. The minimum absolute atomic E-state index is 0.406. The monoisotopic (exact) mass is 334 g/mol. The van der Waals surface area contributed by atoms with Crippen molar-refractivity contribution in [3.8, 4) is 0 Å². The number of aryl methyl sites for hydroxylation is 1. The van der Waals surface area contributed by atoms with Crippen molar-refractivity contribution in [1.82, 2.24) is 24.4 Å². The zero-order valence-electron chi connectivity index (χ0n) is 14.3. The van der Waals surface area contributed by atoms with Crippen LogP contribution in [0.25, 0.3) is 0 Å². The Morgan fingerprint density at radius 2 is 2.00 bits per heavy atom. The van der Waals surface area contributed by atoms with Crippen LogP contribution in [-0.4, -0.2) is 31.0 Å². The summed E-state index contributed by atoms with van der Waals surface area (Å²) in [4.78, 5) is 15.7. The molecule has 1 fully saturated rings. The Morgan fingerprint density at radius 3 is 2.80 bits per heavy atom. The van der Waals surface area contributed by atoms with Gasteiger partial charge in [-0.15, -0.1) is 0 Å². The molecule has 0 bridgehead atoms. The van der Waals surface area contributed by atoms with Crippen molar-refractivity contribution in [2.75, 3.05) is 11.9 Å². The summed E-state index contributed by atoms with van der Waals surface area (Å²) in [5.74, 6) is 2.75. The van der Waals surface area contributed by atoms with E-state index in [0.717, 1.165) is 37.0 Å². The van der Waals surface area contributed by atoms with Crippen molar-refractivity contribution in [3.05, 3.63) is 66.5 Å². The van der Waals surface area contributed by atoms with E-state index in [1.54, 1.807) is 6.20 Å². The van der Waals surface area contributed by atoms with Crippen molar-refractivity contribution in [3.63, 3.8) is 0 Å². The average Bonchev–Trinajstić information content (AvgIpc) is 3.26. The van der Waals surface area contributed by atoms with Crippen LogP contribution in [0.2, 0.25) is 0 Å². The van der Waals surface area contributed by atoms with Crippen molar-refractivity contribution in [1.29, 1.82) is 0 Å². The predicted octanol–water partition coefficient (Wildman–Crippen LogP) is 3.29. The maximum Gasteiger partial charge on any atom is 0.131 e. The summed E-state index contributed by atoms with van der Waals surface area (Å²) in [7, 11) is 2.05. The predicted molar refractivity (Wildman–Crippen MR) is 97.3 cm³/mol. The lowest BCUT2D eigenvalue weighted by Crippen LogP contribution is -2.24. The highest BCUT2D eigenvalue weighted by atomic mass is 15.2. The molecule has 3 aromatic heterocycles. The van der Waals surface area contributed by atoms with Gasteiger partial charge in [-0.05, 0) is 49.2 Å². The SMILES string of the molecule is Cn1ccnc1CN1CCC[C@H]1c1ccnc(Nc2ccccn2)c1. The molecular weight excluding hydrogens is 312 g/mol. The van der Waals surface area contributed by atoms with Gasteiger partial charge < -0.3 is 9.88 Å². The molecule has 0 spiro atoms. The molecule has 1 aliphatic rings. The molecule has 25 heavy (non-hydrogen) atoms. The molecule has 6 heteroatoms. The third-order valence-corrected chi connectivity index (χ3v) is 4.72. The number of pyridine rings is 2. The molecule has 3 aromatic rings. The first-order valence-electron chi connectivity index (χ1n) is 8.64. The Hall–Kier alpha value is -2.73. The number of hydrogen-bond donors (Lipinski definition) is 1. The van der Waals surface area contributed by atoms with Crippen LogP contribution in [0, 0.1) is 0 Å². The Labute approximate surface area is 147 Å². The van der Waals surface area contributed by atoms with Crippen LogP contribution in [0.1, 0.15) is 30.3 Å². The number of nitrogens with one attached hydrogen (secondary N) is 1. The lowest BCUT2D eigenvalue weighted by atomic mass is 10.1. The second-order valence-electron chi connectivity index (χ2n) is 6.40. The molecule has 128 valence electrons. The Balaban J connectivity index is 1.52. The molecule has 1 aliphatic heterocycles. The van der Waals surface area contributed by atoms with E-state index in [4.69, 9.17) is 0 Å². The topological polar surface area (TPSA) is 58.9 Å². The molecule has 6 nitrogen and oxygen atoms in total. The third kappa shape index (κ3) is 3.53. The van der Waals surface area contributed by atoms with Crippen LogP contribution in [0.4, 0.5) is 11.6 Å². The van der Waals surface area contributed by atoms with Crippen LogP contribution in [0.5, 0.6) is 0 Å². The van der Waals surface area contributed by atoms with E-state index in [1.807, 2.05) is 36.8 Å². The van der Waals surface area contributed by atoms with Crippen LogP contribution in [0.3, 0.4) is 0 Å². The van der Waals surface area contributed by atoms with Gasteiger partial charge in [0.15, 0.2) is 0 Å². The van der Waals surface area contributed by atoms with Crippen LogP contribution in [-0.2, 0) is 13.6 Å². The van der Waals surface area contributed by atoms with Crippen molar-refractivity contribution in [2.45, 2.75) is 25.4 Å². The first-order valence-corrected chi connectivity index (χ1v) is 8.64. The lowest BCUT2D eigenvalue weighted by molar-refractivity contribution is 0.240. The van der Waals surface area contributed by atoms with Gasteiger partial charge >= 0.3 is 0 Å². The van der Waals surface area contributed by atoms with Gasteiger partial charge in [0.1, 0.15) is 17.5 Å². The summed E-state index contributed by atoms with van der Waals surface area (Å²) in [6.07, 6.45) is 9.89. The smallest absolute Gasteiger partial charge is 0.131 e. The molecule has 4 rings (SSSR count). The Morgan fingerprint density at radius 1 is 1.08 bits per heavy atom. The van der Waals surface area contributed by atoms with Crippen LogP contribution in [0.15, 0.2) is 55.1 Å². The van der Waals surface area contributed by atoms with Gasteiger partial charge in [0.05, 0.1) is 6.54 Å². The Bertz CT molecular complexity index is 829. The largest absolute Gasteiger partial charge is 0.337 e. The van der Waals surface area contributed by atoms with Gasteiger partial charge in [0.2, 0.25) is 0 Å². The molecule has 0 unspecified atom stereocenters. The number of imidazole rings is 1. The second-order valence-corrected chi connectivity index (χ2v) is 6.40. The standard InChI is InChI=1S/C19H22N6/c1-24-12-10-22-19(24)14-25-11-4-5-16(25)15-7-9-21-18(13-15)23-17-6-2-3-8-20-17/h2-3,6-10,12-13,16H,4-5,11,14H2,1H3,(H,20,21,23)/t16-/m0/s1. The molecule has 1 saturated heterocycles. The normalized spacial score (nSPS) is 17.7. The molecule has 0 aromatic carbocycles. The average molecular weight is 334 g/mol. The number of rotatable bonds is 5. The third-order valence-electron chi connectivity index (χ3n) is 4.72. The van der Waals surface area contributed by atoms with Gasteiger partial charge in [0.25, 0.3) is 0 Å². The highest BCUT2D eigenvalue weighted by molar-refractivity contribution is 5.52. The van der Waals surface area contributed by atoms with Crippen LogP contribution >= 0.6 is 0 Å². The molecular formula is C19H22N6. The van der Waals surface area contributed by atoms with E-state index in [2.05, 4.69) is 48.9 Å². The number of anilines is 2. The van der Waals surface area contributed by atoms with Crippen molar-refractivity contribution < 1.29 is 0 Å². The summed E-state index contributed by atoms with van der Waals surface area (Å²) in [6.45, 7) is 1.97. The first-order chi connectivity index (χ1) is 12.3. The number of likely N-dealkylation sites (tertiary alicyclic amines) is 1. The van der Waals surface area contributed by atoms with Gasteiger partial charge in [-0.2, -0.15) is 0 Å². The molecule has 0 aliphatic carbocycles. The van der Waals surface area contributed by atoms with E-state index in [9.17, 15) is 0 Å². The Kier molecular flexibility index (Phi) is 4.43. The number of aromatic nitrogens is 4. The highest BCUT2D eigenvalue weighted by Crippen LogP contribution is 2.33. The van der Waals surface area contributed by atoms with E-state index >= 15 is 0 Å². The minimum Gasteiger partial charge on any atom is -0.337 e. The van der Waals surface area contributed by atoms with E-state index in [-0.39, 0.29) is 0 Å². The highest BCUT2D eigenvalue weighted by Gasteiger charge is 2.27. The van der Waals surface area contributed by atoms with E-state index < -0.39 is 0 Å². The zero-order chi connectivity index (χ0) is 17.1. The summed E-state index contributed by atoms with van der Waals surface area (Å²) >= 11 is 0. The van der Waals surface area contributed by atoms with Crippen molar-refractivity contribution >= 4 is 11.6 Å². The summed E-state index contributed by atoms with van der Waals surface area (Å²) < 4.78 is 2.09. The molecule has 1 atom stereocenters. The molecule has 1 N–H and O–H groups in total. The lowest BCUT2D eigenvalue weighted by Gasteiger charge is -2.24. The first kappa shape index (κ1) is 15.8. The fourth-order valence-electron chi connectivity index (χ4n) is 3.41. The summed E-state index contributed by atoms with van der Waals surface area (Å²) in [5.41, 5.74) is 1.29.